The normalized spacial score (nSPS) is 12.3. The number of aromatic nitrogens is 1. The number of carbonyl (C=O) groups excluding carboxylic acids is 2. The SMILES string of the molecule is O=C(OF)C(F)C(=O)c1cc(-c2c[nH]c3cc(F)ccc23)co1. The molecule has 0 amide bonds. The molecule has 8 heteroatoms. The number of rotatable bonds is 4. The van der Waals surface area contributed by atoms with Gasteiger partial charge in [0.05, 0.1) is 6.26 Å². The maximum absolute atomic E-state index is 13.4. The zero-order valence-corrected chi connectivity index (χ0v) is 11.3. The molecule has 5 nitrogen and oxygen atoms in total. The molecule has 2 aromatic heterocycles. The molecule has 3 aromatic rings. The third kappa shape index (κ3) is 2.59. The van der Waals surface area contributed by atoms with Crippen LogP contribution in [0.25, 0.3) is 22.0 Å². The summed E-state index contributed by atoms with van der Waals surface area (Å²) in [5, 5.41) is 0.658. The van der Waals surface area contributed by atoms with Gasteiger partial charge in [-0.2, -0.15) is 0 Å². The summed E-state index contributed by atoms with van der Waals surface area (Å²) in [6.45, 7) is 0. The van der Waals surface area contributed by atoms with Crippen LogP contribution in [0.4, 0.5) is 13.3 Å². The van der Waals surface area contributed by atoms with Crippen molar-refractivity contribution in [3.8, 4) is 11.1 Å². The highest BCUT2D eigenvalue weighted by Gasteiger charge is 2.32. The number of hydrogen-bond acceptors (Lipinski definition) is 4. The van der Waals surface area contributed by atoms with Gasteiger partial charge in [-0.25, -0.2) is 13.6 Å². The number of ketones is 1. The number of hydrogen-bond donors (Lipinski definition) is 1. The molecule has 2 heterocycles. The second kappa shape index (κ2) is 5.64. The minimum Gasteiger partial charge on any atom is -0.460 e. The molecule has 0 aliphatic rings. The molecule has 0 fully saturated rings. The van der Waals surface area contributed by atoms with Crippen LogP contribution in [0.1, 0.15) is 10.6 Å². The van der Waals surface area contributed by atoms with E-state index in [-0.39, 0.29) is 0 Å². The lowest BCUT2D eigenvalue weighted by atomic mass is 10.1. The zero-order valence-electron chi connectivity index (χ0n) is 11.3. The molecular formula is C15H8F3NO4. The van der Waals surface area contributed by atoms with Crippen LogP contribution in [0.3, 0.4) is 0 Å². The smallest absolute Gasteiger partial charge is 0.390 e. The fraction of sp³-hybridized carbons (Fsp3) is 0.0667. The van der Waals surface area contributed by atoms with Gasteiger partial charge in [0.1, 0.15) is 5.82 Å². The number of H-pyrrole nitrogens is 1. The number of fused-ring (bicyclic) bond motifs is 1. The predicted octanol–water partition coefficient (Wildman–Crippen LogP) is 3.52. The summed E-state index contributed by atoms with van der Waals surface area (Å²) in [5.74, 6) is -4.19. The van der Waals surface area contributed by atoms with E-state index in [1.807, 2.05) is 0 Å². The fourth-order valence-corrected chi connectivity index (χ4v) is 2.21. The third-order valence-electron chi connectivity index (χ3n) is 3.31. The number of Topliss-reactive ketones (excluding diaryl/α,β-unsaturated/α-hetero) is 1. The minimum atomic E-state index is -2.81. The number of nitrogens with one attached hydrogen (secondary N) is 1. The first-order valence-electron chi connectivity index (χ1n) is 6.37. The molecule has 1 aromatic carbocycles. The Labute approximate surface area is 126 Å². The van der Waals surface area contributed by atoms with E-state index in [9.17, 15) is 22.9 Å². The molecule has 0 spiro atoms. The highest BCUT2D eigenvalue weighted by molar-refractivity contribution is 6.10. The van der Waals surface area contributed by atoms with Crippen molar-refractivity contribution in [2.45, 2.75) is 6.17 Å². The summed E-state index contributed by atoms with van der Waals surface area (Å²) in [5.41, 5.74) is 1.52. The first-order valence-corrected chi connectivity index (χ1v) is 6.37. The van der Waals surface area contributed by atoms with Crippen LogP contribution < -0.4 is 0 Å². The number of furan rings is 1. The molecule has 3 rings (SSSR count). The van der Waals surface area contributed by atoms with Crippen LogP contribution in [0.15, 0.2) is 41.1 Å². The van der Waals surface area contributed by atoms with Crippen molar-refractivity contribution in [2.24, 2.45) is 0 Å². The van der Waals surface area contributed by atoms with Crippen molar-refractivity contribution >= 4 is 22.7 Å². The lowest BCUT2D eigenvalue weighted by Gasteiger charge is -1.98. The lowest BCUT2D eigenvalue weighted by Crippen LogP contribution is -2.25. The van der Waals surface area contributed by atoms with Crippen molar-refractivity contribution in [3.05, 3.63) is 48.3 Å². The van der Waals surface area contributed by atoms with Crippen molar-refractivity contribution in [2.75, 3.05) is 0 Å². The molecular weight excluding hydrogens is 315 g/mol. The monoisotopic (exact) mass is 323 g/mol. The Morgan fingerprint density at radius 2 is 2.04 bits per heavy atom. The van der Waals surface area contributed by atoms with Crippen molar-refractivity contribution < 1.29 is 32.3 Å². The second-order valence-corrected chi connectivity index (χ2v) is 4.71. The van der Waals surface area contributed by atoms with Gasteiger partial charge in [0.25, 0.3) is 6.17 Å². The number of halogens is 3. The van der Waals surface area contributed by atoms with E-state index in [1.54, 1.807) is 6.20 Å². The Kier molecular flexibility index (Phi) is 3.65. The second-order valence-electron chi connectivity index (χ2n) is 4.71. The third-order valence-corrected chi connectivity index (χ3v) is 3.31. The molecule has 0 saturated carbocycles. The van der Waals surface area contributed by atoms with Gasteiger partial charge >= 0.3 is 5.97 Å². The predicted molar refractivity (Wildman–Crippen MR) is 72.4 cm³/mol. The van der Waals surface area contributed by atoms with Crippen molar-refractivity contribution in [3.63, 3.8) is 0 Å². The summed E-state index contributed by atoms with van der Waals surface area (Å²) >= 11 is 0. The van der Waals surface area contributed by atoms with Crippen LogP contribution in [0.2, 0.25) is 0 Å². The molecule has 1 unspecified atom stereocenters. The quantitative estimate of drug-likeness (QED) is 0.589. The molecule has 0 saturated heterocycles. The summed E-state index contributed by atoms with van der Waals surface area (Å²) in [4.78, 5) is 27.9. The van der Waals surface area contributed by atoms with E-state index >= 15 is 0 Å². The minimum absolute atomic E-state index is 0.409. The van der Waals surface area contributed by atoms with Crippen LogP contribution in [0, 0.1) is 5.82 Å². The molecule has 1 N–H and O–H groups in total. The van der Waals surface area contributed by atoms with E-state index in [0.717, 1.165) is 0 Å². The summed E-state index contributed by atoms with van der Waals surface area (Å²) in [6.07, 6.45) is -0.0744. The molecule has 1 atom stereocenters. The molecule has 0 aliphatic heterocycles. The van der Waals surface area contributed by atoms with Crippen LogP contribution in [0.5, 0.6) is 0 Å². The number of benzene rings is 1. The maximum atomic E-state index is 13.4. The largest absolute Gasteiger partial charge is 0.460 e. The van der Waals surface area contributed by atoms with E-state index in [0.29, 0.717) is 22.0 Å². The molecule has 0 radical (unpaired) electrons. The topological polar surface area (TPSA) is 72.3 Å². The van der Waals surface area contributed by atoms with Gasteiger partial charge in [0, 0.05) is 32.8 Å². The summed E-state index contributed by atoms with van der Waals surface area (Å²) in [7, 11) is 0. The number of alkyl halides is 1. The van der Waals surface area contributed by atoms with Crippen molar-refractivity contribution in [1.29, 1.82) is 0 Å². The van der Waals surface area contributed by atoms with Gasteiger partial charge in [-0.3, -0.25) is 9.74 Å². The van der Waals surface area contributed by atoms with E-state index in [4.69, 9.17) is 4.42 Å². The Morgan fingerprint density at radius 3 is 2.78 bits per heavy atom. The first kappa shape index (κ1) is 14.9. The average molecular weight is 323 g/mol. The maximum Gasteiger partial charge on any atom is 0.390 e. The lowest BCUT2D eigenvalue weighted by molar-refractivity contribution is -0.187. The van der Waals surface area contributed by atoms with Crippen LogP contribution >= 0.6 is 0 Å². The van der Waals surface area contributed by atoms with Crippen LogP contribution in [-0.4, -0.2) is 22.9 Å². The first-order chi connectivity index (χ1) is 11.0. The molecule has 0 bridgehead atoms. The van der Waals surface area contributed by atoms with Gasteiger partial charge in [-0.05, 0) is 24.3 Å². The fourth-order valence-electron chi connectivity index (χ4n) is 2.21. The number of aromatic amines is 1. The van der Waals surface area contributed by atoms with Gasteiger partial charge in [-0.1, -0.05) is 0 Å². The highest BCUT2D eigenvalue weighted by Crippen LogP contribution is 2.30. The highest BCUT2D eigenvalue weighted by atomic mass is 19.3. The van der Waals surface area contributed by atoms with E-state index in [1.165, 1.54) is 30.5 Å². The van der Waals surface area contributed by atoms with Gasteiger partial charge in [0.2, 0.25) is 5.78 Å². The summed E-state index contributed by atoms with van der Waals surface area (Å²) in [6, 6.07) is 5.29. The van der Waals surface area contributed by atoms with E-state index in [2.05, 4.69) is 9.93 Å². The average Bonchev–Trinajstić information content (AvgIpc) is 3.18. The van der Waals surface area contributed by atoms with Gasteiger partial charge < -0.3 is 9.40 Å². The zero-order chi connectivity index (χ0) is 16.6. The van der Waals surface area contributed by atoms with Gasteiger partial charge in [0.15, 0.2) is 5.76 Å². The summed E-state index contributed by atoms with van der Waals surface area (Å²) < 4.78 is 43.1. The Bertz CT molecular complexity index is 899. The Morgan fingerprint density at radius 1 is 1.26 bits per heavy atom. The molecule has 0 aliphatic carbocycles. The van der Waals surface area contributed by atoms with Crippen LogP contribution in [-0.2, 0) is 9.74 Å². The Balaban J connectivity index is 1.95. The molecule has 23 heavy (non-hydrogen) atoms. The standard InChI is InChI=1S/C15H8F3NO4/c16-8-1-2-9-10(5-19-11(9)4-8)7-3-12(22-6-7)14(20)13(17)15(21)23-18/h1-6,13,19H. The molecule has 118 valence electrons. The van der Waals surface area contributed by atoms with Gasteiger partial charge in [-0.15, -0.1) is 0 Å². The Hall–Kier alpha value is -3.03. The number of carbonyl (C=O) groups is 2. The van der Waals surface area contributed by atoms with E-state index < -0.39 is 29.5 Å². The van der Waals surface area contributed by atoms with Crippen molar-refractivity contribution in [1.82, 2.24) is 4.98 Å².